The molecule has 22 heavy (non-hydrogen) atoms. The molecule has 1 aliphatic heterocycles. The van der Waals surface area contributed by atoms with Crippen LogP contribution in [-0.4, -0.2) is 41.8 Å². The maximum atomic E-state index is 12.8. The van der Waals surface area contributed by atoms with E-state index in [-0.39, 0.29) is 35.1 Å². The number of hydrogen-bond donors (Lipinski definition) is 2. The molecule has 7 nitrogen and oxygen atoms in total. The monoisotopic (exact) mass is 350 g/mol. The van der Waals surface area contributed by atoms with Crippen molar-refractivity contribution in [3.8, 4) is 0 Å². The Morgan fingerprint density at radius 1 is 1.41 bits per heavy atom. The van der Waals surface area contributed by atoms with Crippen LogP contribution in [0.5, 0.6) is 0 Å². The van der Waals surface area contributed by atoms with Gasteiger partial charge in [-0.25, -0.2) is 8.42 Å². The van der Waals surface area contributed by atoms with Gasteiger partial charge in [0.1, 0.15) is 10.6 Å². The van der Waals surface area contributed by atoms with Gasteiger partial charge < -0.3 is 16.0 Å². The summed E-state index contributed by atoms with van der Waals surface area (Å²) < 4.78 is 28.5. The van der Waals surface area contributed by atoms with E-state index in [1.54, 1.807) is 7.05 Å². The number of sulfonamides is 1. The molecule has 0 bridgehead atoms. The molecule has 0 radical (unpaired) electrons. The predicted octanol–water partition coefficient (Wildman–Crippen LogP) is 0.436. The maximum absolute atomic E-state index is 12.8. The number of aromatic nitrogens is 1. The van der Waals surface area contributed by atoms with Crippen molar-refractivity contribution in [3.63, 3.8) is 0 Å². The van der Waals surface area contributed by atoms with E-state index in [0.29, 0.717) is 6.54 Å². The average molecular weight is 351 g/mol. The molecule has 2 heterocycles. The number of piperidine rings is 1. The van der Waals surface area contributed by atoms with Crippen LogP contribution in [0, 0.1) is 0 Å². The van der Waals surface area contributed by atoms with Crippen LogP contribution in [0.4, 0.5) is 0 Å². The zero-order valence-electron chi connectivity index (χ0n) is 12.7. The number of aryl methyl sites for hydroxylation is 1. The first kappa shape index (κ1) is 19.0. The van der Waals surface area contributed by atoms with E-state index in [4.69, 9.17) is 11.5 Å². The Hall–Kier alpha value is -1.09. The van der Waals surface area contributed by atoms with Gasteiger partial charge in [-0.05, 0) is 25.8 Å². The van der Waals surface area contributed by atoms with Crippen LogP contribution in [0.2, 0.25) is 0 Å². The topological polar surface area (TPSA) is 111 Å². The summed E-state index contributed by atoms with van der Waals surface area (Å²) in [4.78, 5) is 11.4. The number of nitrogens with zero attached hydrogens (tertiary/aromatic N) is 2. The van der Waals surface area contributed by atoms with Gasteiger partial charge in [-0.2, -0.15) is 4.31 Å². The van der Waals surface area contributed by atoms with E-state index in [1.807, 2.05) is 6.92 Å². The quantitative estimate of drug-likeness (QED) is 0.820. The number of rotatable bonds is 4. The van der Waals surface area contributed by atoms with Crippen molar-refractivity contribution in [2.75, 3.05) is 6.54 Å². The molecule has 1 fully saturated rings. The fraction of sp³-hybridized carbons (Fsp3) is 0.615. The second kappa shape index (κ2) is 6.99. The summed E-state index contributed by atoms with van der Waals surface area (Å²) in [6.07, 6.45) is 3.96. The lowest BCUT2D eigenvalue weighted by atomic mass is 10.00. The van der Waals surface area contributed by atoms with Gasteiger partial charge in [0, 0.05) is 31.9 Å². The third kappa shape index (κ3) is 3.45. The molecule has 4 N–H and O–H groups in total. The summed E-state index contributed by atoms with van der Waals surface area (Å²) in [6.45, 7) is 2.27. The van der Waals surface area contributed by atoms with Gasteiger partial charge in [0.15, 0.2) is 0 Å². The number of carbonyl (C=O) groups is 1. The van der Waals surface area contributed by atoms with Crippen molar-refractivity contribution >= 4 is 28.3 Å². The first-order valence-electron chi connectivity index (χ1n) is 6.98. The molecule has 0 aliphatic carbocycles. The molecule has 2 atom stereocenters. The van der Waals surface area contributed by atoms with E-state index in [0.717, 1.165) is 19.3 Å². The lowest BCUT2D eigenvalue weighted by molar-refractivity contribution is 0.0992. The summed E-state index contributed by atoms with van der Waals surface area (Å²) in [5, 5.41) is 0. The number of halogens is 1. The molecule has 0 aromatic carbocycles. The maximum Gasteiger partial charge on any atom is 0.265 e. The summed E-state index contributed by atoms with van der Waals surface area (Å²) in [5.41, 5.74) is 11.3. The number of nitrogens with two attached hydrogens (primary N) is 2. The highest BCUT2D eigenvalue weighted by atomic mass is 35.5. The van der Waals surface area contributed by atoms with Gasteiger partial charge in [-0.1, -0.05) is 6.42 Å². The Morgan fingerprint density at radius 2 is 2.05 bits per heavy atom. The molecular weight excluding hydrogens is 328 g/mol. The fourth-order valence-corrected chi connectivity index (χ4v) is 4.66. The lowest BCUT2D eigenvalue weighted by Crippen LogP contribution is -2.51. The minimum atomic E-state index is -3.67. The summed E-state index contributed by atoms with van der Waals surface area (Å²) in [6, 6.07) is 0.880. The number of carbonyl (C=O) groups excluding carboxylic acids is 1. The predicted molar refractivity (Wildman–Crippen MR) is 86.4 cm³/mol. The van der Waals surface area contributed by atoms with E-state index >= 15 is 0 Å². The molecule has 1 amide bonds. The van der Waals surface area contributed by atoms with Crippen molar-refractivity contribution < 1.29 is 13.2 Å². The van der Waals surface area contributed by atoms with Crippen molar-refractivity contribution in [2.24, 2.45) is 18.5 Å². The minimum Gasteiger partial charge on any atom is -0.364 e. The van der Waals surface area contributed by atoms with E-state index in [9.17, 15) is 13.2 Å². The Balaban J connectivity index is 0.00000242. The smallest absolute Gasteiger partial charge is 0.265 e. The molecule has 1 aromatic heterocycles. The molecule has 1 aliphatic rings. The zero-order chi connectivity index (χ0) is 15.8. The van der Waals surface area contributed by atoms with E-state index in [2.05, 4.69) is 0 Å². The van der Waals surface area contributed by atoms with Crippen LogP contribution in [0.1, 0.15) is 36.7 Å². The number of hydrogen-bond acceptors (Lipinski definition) is 4. The highest BCUT2D eigenvalue weighted by molar-refractivity contribution is 7.89. The average Bonchev–Trinajstić information content (AvgIpc) is 2.81. The van der Waals surface area contributed by atoms with Crippen LogP contribution in [0.3, 0.4) is 0 Å². The summed E-state index contributed by atoms with van der Waals surface area (Å²) in [5.74, 6) is -0.652. The first-order chi connectivity index (χ1) is 9.75. The van der Waals surface area contributed by atoms with Crippen LogP contribution >= 0.6 is 12.4 Å². The van der Waals surface area contributed by atoms with Gasteiger partial charge in [0.25, 0.3) is 5.91 Å². The highest BCUT2D eigenvalue weighted by Crippen LogP contribution is 2.27. The molecule has 1 saturated heterocycles. The Bertz CT molecular complexity index is 642. The first-order valence-corrected chi connectivity index (χ1v) is 8.42. The molecule has 0 saturated carbocycles. The Morgan fingerprint density at radius 3 is 2.55 bits per heavy atom. The van der Waals surface area contributed by atoms with Crippen molar-refractivity contribution in [1.82, 2.24) is 8.87 Å². The number of amides is 1. The van der Waals surface area contributed by atoms with Gasteiger partial charge in [-0.3, -0.25) is 4.79 Å². The van der Waals surface area contributed by atoms with Gasteiger partial charge in [0.2, 0.25) is 10.0 Å². The largest absolute Gasteiger partial charge is 0.364 e. The third-order valence-corrected chi connectivity index (χ3v) is 5.83. The fourth-order valence-electron chi connectivity index (χ4n) is 2.81. The van der Waals surface area contributed by atoms with Crippen LogP contribution in [0.15, 0.2) is 17.2 Å². The van der Waals surface area contributed by atoms with Gasteiger partial charge in [0.05, 0.1) is 0 Å². The van der Waals surface area contributed by atoms with Gasteiger partial charge >= 0.3 is 0 Å². The van der Waals surface area contributed by atoms with Gasteiger partial charge in [-0.15, -0.1) is 12.4 Å². The minimum absolute atomic E-state index is 0. The zero-order valence-corrected chi connectivity index (χ0v) is 14.4. The van der Waals surface area contributed by atoms with Crippen LogP contribution < -0.4 is 11.5 Å². The third-order valence-electron chi connectivity index (χ3n) is 3.94. The highest BCUT2D eigenvalue weighted by Gasteiger charge is 2.36. The lowest BCUT2D eigenvalue weighted by Gasteiger charge is -2.36. The van der Waals surface area contributed by atoms with E-state index < -0.39 is 15.9 Å². The number of primary amides is 1. The molecule has 126 valence electrons. The molecule has 9 heteroatoms. The Labute approximate surface area is 137 Å². The molecular formula is C13H23ClN4O3S. The SMILES string of the molecule is CC(N)C1CCCCN1S(=O)(=O)c1cc(C(N)=O)n(C)c1.Cl. The Kier molecular flexibility index (Phi) is 6.03. The summed E-state index contributed by atoms with van der Waals surface area (Å²) in [7, 11) is -2.07. The molecule has 1 aromatic rings. The second-order valence-corrected chi connectivity index (χ2v) is 7.46. The summed E-state index contributed by atoms with van der Waals surface area (Å²) >= 11 is 0. The van der Waals surface area contributed by atoms with Crippen LogP contribution in [-0.2, 0) is 17.1 Å². The molecule has 2 unspecified atom stereocenters. The van der Waals surface area contributed by atoms with Crippen molar-refractivity contribution in [3.05, 3.63) is 18.0 Å². The normalized spacial score (nSPS) is 21.1. The van der Waals surface area contributed by atoms with Crippen LogP contribution in [0.25, 0.3) is 0 Å². The van der Waals surface area contributed by atoms with E-state index in [1.165, 1.54) is 21.1 Å². The molecule has 0 spiro atoms. The molecule has 2 rings (SSSR count). The van der Waals surface area contributed by atoms with Crippen molar-refractivity contribution in [1.29, 1.82) is 0 Å². The second-order valence-electron chi connectivity index (χ2n) is 5.57. The standard InChI is InChI=1S/C13H22N4O3S.ClH/c1-9(14)11-5-3-4-6-17(11)21(19,20)10-7-12(13(15)18)16(2)8-10;/h7-9,11H,3-6,14H2,1-2H3,(H2,15,18);1H. The van der Waals surface area contributed by atoms with Crippen molar-refractivity contribution in [2.45, 2.75) is 43.2 Å².